The van der Waals surface area contributed by atoms with Crippen molar-refractivity contribution in [1.29, 1.82) is 0 Å². The smallest absolute Gasteiger partial charge is 0.287 e. The fraction of sp³-hybridized carbons (Fsp3) is 0.583. The van der Waals surface area contributed by atoms with Crippen LogP contribution in [0, 0.1) is 6.92 Å². The molecule has 1 aromatic rings. The number of furan rings is 1. The van der Waals surface area contributed by atoms with Crippen LogP contribution in [0.15, 0.2) is 15.4 Å². The Balaban J connectivity index is 2.10. The van der Waals surface area contributed by atoms with Crippen molar-refractivity contribution in [1.82, 2.24) is 5.32 Å². The second kappa shape index (κ2) is 5.75. The van der Waals surface area contributed by atoms with Crippen LogP contribution in [0.2, 0.25) is 0 Å². The number of amides is 1. The average molecular weight is 322 g/mol. The van der Waals surface area contributed by atoms with E-state index in [0.717, 1.165) is 12.5 Å². The molecule has 0 aliphatic carbocycles. The molecule has 2 heterocycles. The van der Waals surface area contributed by atoms with E-state index in [4.69, 9.17) is 19.8 Å². The molecule has 8 heteroatoms. The maximum Gasteiger partial charge on any atom is 0.287 e. The van der Waals surface area contributed by atoms with Crippen molar-refractivity contribution in [3.8, 4) is 0 Å². The quantitative estimate of drug-likeness (QED) is 0.858. The van der Waals surface area contributed by atoms with E-state index in [9.17, 15) is 13.2 Å². The van der Waals surface area contributed by atoms with Gasteiger partial charge < -0.3 is 14.5 Å². The summed E-state index contributed by atoms with van der Waals surface area (Å²) in [6.07, 6.45) is 1.52. The summed E-state index contributed by atoms with van der Waals surface area (Å²) < 4.78 is 33.1. The lowest BCUT2D eigenvalue weighted by molar-refractivity contribution is 0.0134. The van der Waals surface area contributed by atoms with Gasteiger partial charge in [-0.2, -0.15) is 0 Å². The number of ether oxygens (including phenoxy) is 1. The van der Waals surface area contributed by atoms with Crippen LogP contribution in [0.5, 0.6) is 0 Å². The van der Waals surface area contributed by atoms with Gasteiger partial charge >= 0.3 is 0 Å². The van der Waals surface area contributed by atoms with Crippen molar-refractivity contribution >= 4 is 25.6 Å². The second-order valence-corrected chi connectivity index (χ2v) is 7.38. The molecule has 1 amide bonds. The molecule has 2 rings (SSSR count). The maximum absolute atomic E-state index is 12.0. The Labute approximate surface area is 121 Å². The van der Waals surface area contributed by atoms with Gasteiger partial charge in [0.25, 0.3) is 15.0 Å². The number of carbonyl (C=O) groups is 1. The van der Waals surface area contributed by atoms with Gasteiger partial charge in [0.1, 0.15) is 10.7 Å². The molecule has 1 fully saturated rings. The molecule has 2 unspecified atom stereocenters. The molecule has 0 radical (unpaired) electrons. The van der Waals surface area contributed by atoms with Crippen LogP contribution in [-0.4, -0.2) is 33.1 Å². The van der Waals surface area contributed by atoms with E-state index in [1.807, 2.05) is 6.92 Å². The first kappa shape index (κ1) is 15.3. The summed E-state index contributed by atoms with van der Waals surface area (Å²) in [7, 11) is 1.35. The summed E-state index contributed by atoms with van der Waals surface area (Å²) in [5.74, 6) is -0.398. The summed E-state index contributed by atoms with van der Waals surface area (Å²) in [6.45, 7) is 3.97. The number of hydrogen-bond acceptors (Lipinski definition) is 5. The van der Waals surface area contributed by atoms with Gasteiger partial charge in [0.15, 0.2) is 5.76 Å². The van der Waals surface area contributed by atoms with Gasteiger partial charge in [0.2, 0.25) is 0 Å². The van der Waals surface area contributed by atoms with Crippen LogP contribution in [0.4, 0.5) is 0 Å². The summed E-state index contributed by atoms with van der Waals surface area (Å²) in [5.41, 5.74) is 0. The fourth-order valence-corrected chi connectivity index (χ4v) is 3.30. The molecule has 1 N–H and O–H groups in total. The molecule has 0 aromatic carbocycles. The van der Waals surface area contributed by atoms with E-state index < -0.39 is 15.0 Å². The molecular weight excluding hydrogens is 306 g/mol. The van der Waals surface area contributed by atoms with Crippen LogP contribution >= 0.6 is 10.7 Å². The van der Waals surface area contributed by atoms with E-state index in [0.29, 0.717) is 13.0 Å². The Morgan fingerprint density at radius 3 is 2.75 bits per heavy atom. The van der Waals surface area contributed by atoms with Crippen LogP contribution in [-0.2, 0) is 13.8 Å². The third kappa shape index (κ3) is 3.53. The number of carbonyl (C=O) groups excluding carboxylic acids is 1. The molecule has 20 heavy (non-hydrogen) atoms. The lowest BCUT2D eigenvalue weighted by atomic mass is 10.0. The fourth-order valence-electron chi connectivity index (χ4n) is 2.21. The third-order valence-corrected chi connectivity index (χ3v) is 4.61. The standard InChI is InChI=1S/C12H16ClNO5S/c1-7-5-9(3-4-18-7)14-12(15)10-6-11(8(2)19-10)20(13,16)17/h6-7,9H,3-5H2,1-2H3,(H,14,15). The maximum atomic E-state index is 12.0. The van der Waals surface area contributed by atoms with Crippen LogP contribution in [0.1, 0.15) is 36.1 Å². The summed E-state index contributed by atoms with van der Waals surface area (Å²) in [5, 5.41) is 2.81. The van der Waals surface area contributed by atoms with Crippen molar-refractivity contribution in [2.24, 2.45) is 0 Å². The predicted octanol–water partition coefficient (Wildman–Crippen LogP) is 1.81. The van der Waals surface area contributed by atoms with E-state index in [-0.39, 0.29) is 28.6 Å². The Morgan fingerprint density at radius 1 is 1.50 bits per heavy atom. The zero-order chi connectivity index (χ0) is 14.9. The normalized spacial score (nSPS) is 23.6. The van der Waals surface area contributed by atoms with Gasteiger partial charge in [0.05, 0.1) is 6.10 Å². The van der Waals surface area contributed by atoms with Crippen molar-refractivity contribution in [3.05, 3.63) is 17.6 Å². The molecule has 2 atom stereocenters. The predicted molar refractivity (Wildman–Crippen MR) is 72.4 cm³/mol. The van der Waals surface area contributed by atoms with Crippen LogP contribution < -0.4 is 5.32 Å². The van der Waals surface area contributed by atoms with E-state index in [1.165, 1.54) is 6.92 Å². The first-order valence-corrected chi connectivity index (χ1v) is 8.56. The van der Waals surface area contributed by atoms with Gasteiger partial charge in [-0.15, -0.1) is 0 Å². The molecular formula is C12H16ClNO5S. The van der Waals surface area contributed by atoms with E-state index in [2.05, 4.69) is 5.32 Å². The highest BCUT2D eigenvalue weighted by atomic mass is 35.7. The van der Waals surface area contributed by atoms with E-state index in [1.54, 1.807) is 0 Å². The van der Waals surface area contributed by atoms with E-state index >= 15 is 0 Å². The van der Waals surface area contributed by atoms with Crippen molar-refractivity contribution in [2.75, 3.05) is 6.61 Å². The number of aryl methyl sites for hydroxylation is 1. The molecule has 0 bridgehead atoms. The highest BCUT2D eigenvalue weighted by Gasteiger charge is 2.25. The Kier molecular flexibility index (Phi) is 4.41. The highest BCUT2D eigenvalue weighted by Crippen LogP contribution is 2.23. The Hall–Kier alpha value is -1.05. The number of hydrogen-bond donors (Lipinski definition) is 1. The van der Waals surface area contributed by atoms with Crippen molar-refractivity contribution < 1.29 is 22.4 Å². The molecule has 1 aliphatic heterocycles. The molecule has 112 valence electrons. The van der Waals surface area contributed by atoms with Crippen molar-refractivity contribution in [3.63, 3.8) is 0 Å². The van der Waals surface area contributed by atoms with Gasteiger partial charge in [-0.05, 0) is 26.7 Å². The molecule has 1 aromatic heterocycles. The summed E-state index contributed by atoms with van der Waals surface area (Å²) in [6, 6.07) is 1.14. The van der Waals surface area contributed by atoms with Gasteiger partial charge in [-0.1, -0.05) is 0 Å². The summed E-state index contributed by atoms with van der Waals surface area (Å²) in [4.78, 5) is 11.9. The average Bonchev–Trinajstić information content (AvgIpc) is 2.71. The number of nitrogens with one attached hydrogen (secondary N) is 1. The zero-order valence-electron chi connectivity index (χ0n) is 11.2. The molecule has 1 saturated heterocycles. The molecule has 0 saturated carbocycles. The topological polar surface area (TPSA) is 85.6 Å². The number of halogens is 1. The lowest BCUT2D eigenvalue weighted by Gasteiger charge is -2.27. The third-order valence-electron chi connectivity index (χ3n) is 3.18. The molecule has 0 spiro atoms. The Bertz CT molecular complexity index is 609. The second-order valence-electron chi connectivity index (χ2n) is 4.85. The monoisotopic (exact) mass is 321 g/mol. The minimum atomic E-state index is -3.91. The number of rotatable bonds is 3. The minimum Gasteiger partial charge on any atom is -0.455 e. The lowest BCUT2D eigenvalue weighted by Crippen LogP contribution is -2.41. The molecule has 6 nitrogen and oxygen atoms in total. The van der Waals surface area contributed by atoms with Gasteiger partial charge in [0, 0.05) is 29.4 Å². The van der Waals surface area contributed by atoms with Gasteiger partial charge in [-0.3, -0.25) is 4.79 Å². The highest BCUT2D eigenvalue weighted by molar-refractivity contribution is 8.13. The van der Waals surface area contributed by atoms with Gasteiger partial charge in [-0.25, -0.2) is 8.42 Å². The van der Waals surface area contributed by atoms with Crippen LogP contribution in [0.3, 0.4) is 0 Å². The first-order chi connectivity index (χ1) is 9.27. The first-order valence-electron chi connectivity index (χ1n) is 6.25. The largest absolute Gasteiger partial charge is 0.455 e. The Morgan fingerprint density at radius 2 is 2.20 bits per heavy atom. The zero-order valence-corrected chi connectivity index (χ0v) is 12.8. The van der Waals surface area contributed by atoms with Crippen molar-refractivity contribution in [2.45, 2.75) is 43.7 Å². The van der Waals surface area contributed by atoms with Crippen LogP contribution in [0.25, 0.3) is 0 Å². The SMILES string of the molecule is Cc1oc(C(=O)NC2CCOC(C)C2)cc1S(=O)(=O)Cl. The molecule has 1 aliphatic rings. The summed E-state index contributed by atoms with van der Waals surface area (Å²) >= 11 is 0. The minimum absolute atomic E-state index is 0.00675.